The van der Waals surface area contributed by atoms with E-state index in [1.54, 1.807) is 10.8 Å². The number of ether oxygens (including phenoxy) is 1. The Morgan fingerprint density at radius 2 is 1.85 bits per heavy atom. The summed E-state index contributed by atoms with van der Waals surface area (Å²) in [6.07, 6.45) is 5.21. The Kier molecular flexibility index (Phi) is 4.50. The van der Waals surface area contributed by atoms with Gasteiger partial charge in [-0.15, -0.1) is 0 Å². The number of nitrogens with zero attached hydrogens (tertiary/aromatic N) is 4. The van der Waals surface area contributed by atoms with Crippen molar-refractivity contribution in [3.63, 3.8) is 0 Å². The first kappa shape index (κ1) is 17.3. The van der Waals surface area contributed by atoms with Crippen molar-refractivity contribution in [2.75, 3.05) is 12.8 Å². The van der Waals surface area contributed by atoms with Crippen LogP contribution in [0.3, 0.4) is 0 Å². The maximum atomic E-state index is 12.1. The van der Waals surface area contributed by atoms with Crippen LogP contribution in [0.25, 0.3) is 11.4 Å². The van der Waals surface area contributed by atoms with Crippen LogP contribution in [0, 0.1) is 11.3 Å². The fourth-order valence-corrected chi connectivity index (χ4v) is 2.85. The summed E-state index contributed by atoms with van der Waals surface area (Å²) in [5, 5.41) is 9.20. The molecule has 0 fully saturated rings. The van der Waals surface area contributed by atoms with Crippen LogP contribution in [0.1, 0.15) is 41.6 Å². The molecule has 0 aliphatic rings. The lowest BCUT2D eigenvalue weighted by Gasteiger charge is -2.12. The number of nitrogen functional groups attached to an aromatic ring is 1. The van der Waals surface area contributed by atoms with Crippen LogP contribution in [0.2, 0.25) is 0 Å². The predicted octanol–water partition coefficient (Wildman–Crippen LogP) is 3.03. The van der Waals surface area contributed by atoms with E-state index in [1.165, 1.54) is 13.3 Å². The van der Waals surface area contributed by atoms with Gasteiger partial charge < -0.3 is 19.6 Å². The van der Waals surface area contributed by atoms with Crippen molar-refractivity contribution in [3.05, 3.63) is 59.9 Å². The van der Waals surface area contributed by atoms with E-state index in [1.807, 2.05) is 41.1 Å². The van der Waals surface area contributed by atoms with E-state index in [0.29, 0.717) is 5.69 Å². The molecular weight excluding hydrogens is 330 g/mol. The molecule has 2 aromatic heterocycles. The third-order valence-corrected chi connectivity index (χ3v) is 4.14. The molecule has 0 radical (unpaired) electrons. The highest BCUT2D eigenvalue weighted by Crippen LogP contribution is 2.26. The monoisotopic (exact) mass is 349 g/mol. The van der Waals surface area contributed by atoms with Crippen LogP contribution in [0.15, 0.2) is 42.9 Å². The highest BCUT2D eigenvalue weighted by atomic mass is 16.5. The van der Waals surface area contributed by atoms with Crippen molar-refractivity contribution in [2.45, 2.75) is 19.8 Å². The number of esters is 1. The van der Waals surface area contributed by atoms with E-state index in [4.69, 9.17) is 10.5 Å². The maximum absolute atomic E-state index is 12.1. The molecule has 0 saturated carbocycles. The van der Waals surface area contributed by atoms with Gasteiger partial charge in [-0.2, -0.15) is 5.26 Å². The van der Waals surface area contributed by atoms with E-state index in [-0.39, 0.29) is 22.9 Å². The second-order valence-corrected chi connectivity index (χ2v) is 6.10. The van der Waals surface area contributed by atoms with E-state index in [2.05, 4.69) is 18.8 Å². The number of anilines is 1. The van der Waals surface area contributed by atoms with Gasteiger partial charge in [0.2, 0.25) is 0 Å². The van der Waals surface area contributed by atoms with Gasteiger partial charge >= 0.3 is 5.97 Å². The molecule has 2 N–H and O–H groups in total. The smallest absolute Gasteiger partial charge is 0.357 e. The van der Waals surface area contributed by atoms with Gasteiger partial charge in [-0.3, -0.25) is 0 Å². The average Bonchev–Trinajstić information content (AvgIpc) is 3.26. The van der Waals surface area contributed by atoms with Gasteiger partial charge in [0.15, 0.2) is 5.69 Å². The molecule has 1 aromatic carbocycles. The molecule has 7 heteroatoms. The van der Waals surface area contributed by atoms with Gasteiger partial charge in [-0.1, -0.05) is 13.8 Å². The number of aromatic nitrogens is 3. The lowest BCUT2D eigenvalue weighted by Crippen LogP contribution is -2.11. The Bertz CT molecular complexity index is 990. The molecule has 0 aliphatic heterocycles. The molecule has 132 valence electrons. The van der Waals surface area contributed by atoms with Gasteiger partial charge in [-0.05, 0) is 24.3 Å². The molecule has 0 aliphatic carbocycles. The van der Waals surface area contributed by atoms with E-state index in [9.17, 15) is 10.1 Å². The van der Waals surface area contributed by atoms with Crippen molar-refractivity contribution < 1.29 is 9.53 Å². The zero-order valence-electron chi connectivity index (χ0n) is 14.8. The zero-order chi connectivity index (χ0) is 18.8. The summed E-state index contributed by atoms with van der Waals surface area (Å²) in [4.78, 5) is 16.5. The SMILES string of the molecule is COC(=O)c1c(N)c(C#N)cn1-c1ccc(-n2ccnc2C(C)C)cc1. The van der Waals surface area contributed by atoms with E-state index in [0.717, 1.165) is 11.5 Å². The highest BCUT2D eigenvalue weighted by molar-refractivity contribution is 5.95. The van der Waals surface area contributed by atoms with Gasteiger partial charge in [0, 0.05) is 35.9 Å². The molecule has 0 spiro atoms. The number of carbonyl (C=O) groups is 1. The first-order valence-electron chi connectivity index (χ1n) is 8.11. The summed E-state index contributed by atoms with van der Waals surface area (Å²) in [6.45, 7) is 4.17. The second kappa shape index (κ2) is 6.76. The molecule has 0 bridgehead atoms. The predicted molar refractivity (Wildman–Crippen MR) is 97.4 cm³/mol. The Labute approximate surface area is 151 Å². The normalized spacial score (nSPS) is 10.7. The standard InChI is InChI=1S/C19H19N5O2/c1-12(2)18-22-8-9-23(18)14-4-6-15(7-5-14)24-11-13(10-20)16(21)17(24)19(25)26-3/h4-9,11-12H,21H2,1-3H3. The summed E-state index contributed by atoms with van der Waals surface area (Å²) < 4.78 is 8.38. The maximum Gasteiger partial charge on any atom is 0.357 e. The van der Waals surface area contributed by atoms with Gasteiger partial charge in [0.05, 0.1) is 18.4 Å². The molecule has 0 amide bonds. The minimum atomic E-state index is -0.593. The number of hydrogen-bond acceptors (Lipinski definition) is 5. The third-order valence-electron chi connectivity index (χ3n) is 4.14. The molecule has 0 unspecified atom stereocenters. The summed E-state index contributed by atoms with van der Waals surface area (Å²) in [6, 6.07) is 9.55. The van der Waals surface area contributed by atoms with E-state index < -0.39 is 5.97 Å². The van der Waals surface area contributed by atoms with Gasteiger partial charge in [0.1, 0.15) is 11.9 Å². The summed E-state index contributed by atoms with van der Waals surface area (Å²) in [7, 11) is 1.28. The van der Waals surface area contributed by atoms with Crippen molar-refractivity contribution in [3.8, 4) is 17.4 Å². The molecule has 7 nitrogen and oxygen atoms in total. The van der Waals surface area contributed by atoms with Crippen LogP contribution in [-0.2, 0) is 4.74 Å². The second-order valence-electron chi connectivity index (χ2n) is 6.10. The van der Waals surface area contributed by atoms with Gasteiger partial charge in [0.25, 0.3) is 0 Å². The van der Waals surface area contributed by atoms with Crippen LogP contribution < -0.4 is 5.73 Å². The molecular formula is C19H19N5O2. The highest BCUT2D eigenvalue weighted by Gasteiger charge is 2.21. The number of imidazole rings is 1. The van der Waals surface area contributed by atoms with Crippen LogP contribution >= 0.6 is 0 Å². The van der Waals surface area contributed by atoms with Crippen LogP contribution in [-0.4, -0.2) is 27.2 Å². The quantitative estimate of drug-likeness (QED) is 0.730. The zero-order valence-corrected chi connectivity index (χ0v) is 14.8. The Morgan fingerprint density at radius 1 is 1.23 bits per heavy atom. The summed E-state index contributed by atoms with van der Waals surface area (Å²) in [5.41, 5.74) is 8.07. The number of nitriles is 1. The Morgan fingerprint density at radius 3 is 2.38 bits per heavy atom. The number of nitrogens with two attached hydrogens (primary N) is 1. The van der Waals surface area contributed by atoms with Gasteiger partial charge in [-0.25, -0.2) is 9.78 Å². The first-order chi connectivity index (χ1) is 12.5. The van der Waals surface area contributed by atoms with Crippen molar-refractivity contribution in [1.82, 2.24) is 14.1 Å². The molecule has 3 aromatic rings. The summed E-state index contributed by atoms with van der Waals surface area (Å²) >= 11 is 0. The van der Waals surface area contributed by atoms with Crippen molar-refractivity contribution in [1.29, 1.82) is 5.26 Å². The topological polar surface area (TPSA) is 98.9 Å². The van der Waals surface area contributed by atoms with Crippen LogP contribution in [0.4, 0.5) is 5.69 Å². The van der Waals surface area contributed by atoms with E-state index >= 15 is 0 Å². The minimum Gasteiger partial charge on any atom is -0.464 e. The number of carbonyl (C=O) groups excluding carboxylic acids is 1. The molecule has 2 heterocycles. The number of hydrogen-bond donors (Lipinski definition) is 1. The lowest BCUT2D eigenvalue weighted by atomic mass is 10.2. The summed E-state index contributed by atoms with van der Waals surface area (Å²) in [5.74, 6) is 0.660. The minimum absolute atomic E-state index is 0.111. The molecule has 0 atom stereocenters. The lowest BCUT2D eigenvalue weighted by molar-refractivity contribution is 0.0593. The first-order valence-corrected chi connectivity index (χ1v) is 8.11. The van der Waals surface area contributed by atoms with Crippen LogP contribution in [0.5, 0.6) is 0 Å². The molecule has 0 saturated heterocycles. The van der Waals surface area contributed by atoms with Crippen molar-refractivity contribution in [2.24, 2.45) is 0 Å². The number of benzene rings is 1. The Hall–Kier alpha value is -3.53. The molecule has 3 rings (SSSR count). The number of rotatable bonds is 4. The fourth-order valence-electron chi connectivity index (χ4n) is 2.85. The molecule has 26 heavy (non-hydrogen) atoms. The third kappa shape index (κ3) is 2.82. The van der Waals surface area contributed by atoms with Crippen molar-refractivity contribution >= 4 is 11.7 Å². The number of methoxy groups -OCH3 is 1. The fraction of sp³-hybridized carbons (Fsp3) is 0.211. The average molecular weight is 349 g/mol. The largest absolute Gasteiger partial charge is 0.464 e. The Balaban J connectivity index is 2.06.